The predicted octanol–water partition coefficient (Wildman–Crippen LogP) is 3.12. The number of amides is 1. The van der Waals surface area contributed by atoms with E-state index in [9.17, 15) is 4.79 Å². The summed E-state index contributed by atoms with van der Waals surface area (Å²) in [6, 6.07) is 7.34. The van der Waals surface area contributed by atoms with Gasteiger partial charge < -0.3 is 15.8 Å². The molecule has 21 heavy (non-hydrogen) atoms. The van der Waals surface area contributed by atoms with Crippen LogP contribution in [0.3, 0.4) is 0 Å². The Hall–Kier alpha value is -1.71. The second-order valence-electron chi connectivity index (χ2n) is 5.75. The molecule has 0 saturated heterocycles. The quantitative estimate of drug-likeness (QED) is 0.647. The van der Waals surface area contributed by atoms with E-state index in [1.807, 2.05) is 18.2 Å². The zero-order valence-electron chi connectivity index (χ0n) is 12.6. The Balaban J connectivity index is 1.66. The van der Waals surface area contributed by atoms with Gasteiger partial charge in [0.15, 0.2) is 0 Å². The van der Waals surface area contributed by atoms with E-state index in [1.165, 1.54) is 32.1 Å². The van der Waals surface area contributed by atoms with Gasteiger partial charge in [0.25, 0.3) is 0 Å². The average Bonchev–Trinajstić information content (AvgIpc) is 2.43. The number of ether oxygens (including phenoxy) is 1. The maximum atomic E-state index is 12.1. The molecule has 1 aromatic carbocycles. The second-order valence-corrected chi connectivity index (χ2v) is 5.75. The summed E-state index contributed by atoms with van der Waals surface area (Å²) in [6.07, 6.45) is 8.27. The highest BCUT2D eigenvalue weighted by molar-refractivity contribution is 5.78. The van der Waals surface area contributed by atoms with E-state index < -0.39 is 0 Å². The molecule has 3 N–H and O–H groups in total. The Morgan fingerprint density at radius 3 is 2.62 bits per heavy atom. The van der Waals surface area contributed by atoms with Gasteiger partial charge in [0.05, 0.1) is 6.54 Å². The third kappa shape index (κ3) is 5.66. The lowest BCUT2D eigenvalue weighted by Gasteiger charge is -2.19. The largest absolute Gasteiger partial charge is 0.492 e. The molecule has 1 fully saturated rings. The van der Waals surface area contributed by atoms with E-state index in [-0.39, 0.29) is 11.8 Å². The SMILES string of the molecule is Nc1cccc(OCCNC(=O)C2CCCCCCC2)c1. The molecular formula is C17H26N2O2. The Morgan fingerprint density at radius 2 is 1.90 bits per heavy atom. The first-order valence-corrected chi connectivity index (χ1v) is 8.02. The van der Waals surface area contributed by atoms with Gasteiger partial charge in [-0.1, -0.05) is 38.2 Å². The maximum absolute atomic E-state index is 12.1. The number of nitrogens with one attached hydrogen (secondary N) is 1. The first kappa shape index (κ1) is 15.7. The van der Waals surface area contributed by atoms with E-state index in [2.05, 4.69) is 5.32 Å². The van der Waals surface area contributed by atoms with E-state index in [1.54, 1.807) is 6.07 Å². The summed E-state index contributed by atoms with van der Waals surface area (Å²) in [5, 5.41) is 2.99. The molecule has 0 aromatic heterocycles. The number of benzene rings is 1. The standard InChI is InChI=1S/C17H26N2O2/c18-15-9-6-10-16(13-15)21-12-11-19-17(20)14-7-4-2-1-3-5-8-14/h6,9-10,13-14H,1-5,7-8,11-12,18H2,(H,19,20). The fourth-order valence-electron chi connectivity index (χ4n) is 2.81. The third-order valence-corrected chi connectivity index (χ3v) is 4.00. The summed E-state index contributed by atoms with van der Waals surface area (Å²) in [4.78, 5) is 12.1. The highest BCUT2D eigenvalue weighted by Crippen LogP contribution is 2.22. The van der Waals surface area contributed by atoms with Crippen LogP contribution in [0.25, 0.3) is 0 Å². The Morgan fingerprint density at radius 1 is 1.19 bits per heavy atom. The molecule has 4 heteroatoms. The summed E-state index contributed by atoms with van der Waals surface area (Å²) in [5.74, 6) is 1.13. The normalized spacial score (nSPS) is 16.8. The summed E-state index contributed by atoms with van der Waals surface area (Å²) < 4.78 is 5.57. The van der Waals surface area contributed by atoms with Crippen molar-refractivity contribution in [2.24, 2.45) is 5.92 Å². The molecule has 0 spiro atoms. The van der Waals surface area contributed by atoms with E-state index in [0.29, 0.717) is 18.8 Å². The second kappa shape index (κ2) is 8.55. The Bertz CT molecular complexity index is 440. The van der Waals surface area contributed by atoms with Crippen molar-refractivity contribution < 1.29 is 9.53 Å². The van der Waals surface area contributed by atoms with Crippen LogP contribution < -0.4 is 15.8 Å². The number of nitrogens with two attached hydrogens (primary N) is 1. The molecule has 2 rings (SSSR count). The van der Waals surface area contributed by atoms with Crippen LogP contribution in [-0.4, -0.2) is 19.1 Å². The smallest absolute Gasteiger partial charge is 0.223 e. The van der Waals surface area contributed by atoms with Crippen molar-refractivity contribution >= 4 is 11.6 Å². The van der Waals surface area contributed by atoms with Crippen LogP contribution >= 0.6 is 0 Å². The van der Waals surface area contributed by atoms with Gasteiger partial charge in [-0.3, -0.25) is 4.79 Å². The van der Waals surface area contributed by atoms with Crippen molar-refractivity contribution in [3.05, 3.63) is 24.3 Å². The fourth-order valence-corrected chi connectivity index (χ4v) is 2.81. The van der Waals surface area contributed by atoms with Crippen LogP contribution in [0.15, 0.2) is 24.3 Å². The lowest BCUT2D eigenvalue weighted by atomic mass is 9.90. The van der Waals surface area contributed by atoms with Gasteiger partial charge in [-0.25, -0.2) is 0 Å². The lowest BCUT2D eigenvalue weighted by molar-refractivity contribution is -0.125. The fraction of sp³-hybridized carbons (Fsp3) is 0.588. The molecule has 0 radical (unpaired) electrons. The molecule has 116 valence electrons. The summed E-state index contributed by atoms with van der Waals surface area (Å²) in [6.45, 7) is 1.02. The number of nitrogen functional groups attached to an aromatic ring is 1. The zero-order valence-corrected chi connectivity index (χ0v) is 12.6. The average molecular weight is 290 g/mol. The van der Waals surface area contributed by atoms with Crippen molar-refractivity contribution in [2.45, 2.75) is 44.9 Å². The first-order chi connectivity index (χ1) is 10.3. The van der Waals surface area contributed by atoms with Gasteiger partial charge in [-0.15, -0.1) is 0 Å². The molecule has 1 aliphatic carbocycles. The van der Waals surface area contributed by atoms with Crippen molar-refractivity contribution in [1.82, 2.24) is 5.32 Å². The first-order valence-electron chi connectivity index (χ1n) is 8.02. The molecule has 0 heterocycles. The van der Waals surface area contributed by atoms with Crippen molar-refractivity contribution in [1.29, 1.82) is 0 Å². The molecule has 1 aromatic rings. The molecular weight excluding hydrogens is 264 g/mol. The van der Waals surface area contributed by atoms with Crippen molar-refractivity contribution in [2.75, 3.05) is 18.9 Å². The highest BCUT2D eigenvalue weighted by atomic mass is 16.5. The molecule has 1 amide bonds. The van der Waals surface area contributed by atoms with Crippen molar-refractivity contribution in [3.63, 3.8) is 0 Å². The van der Waals surface area contributed by atoms with Crippen LogP contribution in [0, 0.1) is 5.92 Å². The van der Waals surface area contributed by atoms with Gasteiger partial charge in [0.1, 0.15) is 12.4 Å². The summed E-state index contributed by atoms with van der Waals surface area (Å²) >= 11 is 0. The number of hydrogen-bond acceptors (Lipinski definition) is 3. The van der Waals surface area contributed by atoms with Crippen LogP contribution in [0.5, 0.6) is 5.75 Å². The van der Waals surface area contributed by atoms with Crippen LogP contribution in [0.1, 0.15) is 44.9 Å². The predicted molar refractivity (Wildman–Crippen MR) is 85.2 cm³/mol. The highest BCUT2D eigenvalue weighted by Gasteiger charge is 2.18. The van der Waals surface area contributed by atoms with Crippen LogP contribution in [0.4, 0.5) is 5.69 Å². The maximum Gasteiger partial charge on any atom is 0.223 e. The molecule has 0 aliphatic heterocycles. The van der Waals surface area contributed by atoms with Gasteiger partial charge in [-0.05, 0) is 25.0 Å². The molecule has 1 saturated carbocycles. The minimum absolute atomic E-state index is 0.188. The van der Waals surface area contributed by atoms with E-state index >= 15 is 0 Å². The van der Waals surface area contributed by atoms with Crippen LogP contribution in [0.2, 0.25) is 0 Å². The summed E-state index contributed by atoms with van der Waals surface area (Å²) in [7, 11) is 0. The van der Waals surface area contributed by atoms with Gasteiger partial charge in [0.2, 0.25) is 5.91 Å². The van der Waals surface area contributed by atoms with Gasteiger partial charge in [0, 0.05) is 17.7 Å². The zero-order chi connectivity index (χ0) is 14.9. The number of rotatable bonds is 5. The number of carbonyl (C=O) groups excluding carboxylic acids is 1. The topological polar surface area (TPSA) is 64.3 Å². The van der Waals surface area contributed by atoms with Gasteiger partial charge in [-0.2, -0.15) is 0 Å². The number of anilines is 1. The lowest BCUT2D eigenvalue weighted by Crippen LogP contribution is -2.34. The summed E-state index contributed by atoms with van der Waals surface area (Å²) in [5.41, 5.74) is 6.37. The molecule has 0 bridgehead atoms. The Kier molecular flexibility index (Phi) is 6.38. The van der Waals surface area contributed by atoms with E-state index in [0.717, 1.165) is 18.6 Å². The number of carbonyl (C=O) groups is 1. The minimum atomic E-state index is 0.188. The van der Waals surface area contributed by atoms with Gasteiger partial charge >= 0.3 is 0 Å². The Labute approximate surface area is 127 Å². The van der Waals surface area contributed by atoms with Crippen LogP contribution in [-0.2, 0) is 4.79 Å². The minimum Gasteiger partial charge on any atom is -0.492 e. The van der Waals surface area contributed by atoms with Crippen molar-refractivity contribution in [3.8, 4) is 5.75 Å². The van der Waals surface area contributed by atoms with E-state index in [4.69, 9.17) is 10.5 Å². The number of hydrogen-bond donors (Lipinski definition) is 2. The molecule has 4 nitrogen and oxygen atoms in total. The molecule has 0 atom stereocenters. The molecule has 0 unspecified atom stereocenters. The monoisotopic (exact) mass is 290 g/mol. The molecule has 1 aliphatic rings. The third-order valence-electron chi connectivity index (χ3n) is 4.00.